The van der Waals surface area contributed by atoms with Crippen molar-refractivity contribution in [3.05, 3.63) is 29.8 Å². The first-order valence-corrected chi connectivity index (χ1v) is 7.69. The van der Waals surface area contributed by atoms with Gasteiger partial charge in [-0.15, -0.1) is 0 Å². The molecule has 1 aliphatic rings. The Morgan fingerprint density at radius 3 is 2.71 bits per heavy atom. The first-order valence-electron chi connectivity index (χ1n) is 7.69. The quantitative estimate of drug-likeness (QED) is 0.926. The smallest absolute Gasteiger partial charge is 0.239 e. The van der Waals surface area contributed by atoms with Gasteiger partial charge in [-0.3, -0.25) is 4.79 Å². The predicted molar refractivity (Wildman–Crippen MR) is 84.7 cm³/mol. The standard InChI is InChI=1S/C17H26N2O2/c1-12(2)21-16-8-6-5-7-14(16)13-9-10-18-15(11-13)17(20)19(3)4/h5-8,12-13,15,18H,9-11H2,1-4H3. The molecule has 2 atom stereocenters. The van der Waals surface area contributed by atoms with Gasteiger partial charge in [0.2, 0.25) is 5.91 Å². The predicted octanol–water partition coefficient (Wildman–Crippen LogP) is 2.40. The van der Waals surface area contributed by atoms with E-state index in [1.54, 1.807) is 4.90 Å². The zero-order valence-electron chi connectivity index (χ0n) is 13.4. The average molecular weight is 290 g/mol. The Morgan fingerprint density at radius 2 is 2.05 bits per heavy atom. The zero-order valence-corrected chi connectivity index (χ0v) is 13.4. The molecule has 0 bridgehead atoms. The minimum atomic E-state index is -0.0918. The van der Waals surface area contributed by atoms with E-state index in [-0.39, 0.29) is 18.1 Å². The molecule has 1 aliphatic heterocycles. The number of carbonyl (C=O) groups is 1. The van der Waals surface area contributed by atoms with Gasteiger partial charge >= 0.3 is 0 Å². The molecule has 4 nitrogen and oxygen atoms in total. The number of para-hydroxylation sites is 1. The third kappa shape index (κ3) is 3.97. The van der Waals surface area contributed by atoms with Crippen LogP contribution in [0, 0.1) is 0 Å². The van der Waals surface area contributed by atoms with Gasteiger partial charge in [0, 0.05) is 14.1 Å². The van der Waals surface area contributed by atoms with Crippen molar-refractivity contribution in [1.82, 2.24) is 10.2 Å². The molecule has 0 spiro atoms. The van der Waals surface area contributed by atoms with E-state index in [2.05, 4.69) is 11.4 Å². The Labute approximate surface area is 127 Å². The van der Waals surface area contributed by atoms with Crippen LogP contribution in [0.25, 0.3) is 0 Å². The van der Waals surface area contributed by atoms with E-state index in [4.69, 9.17) is 4.74 Å². The van der Waals surface area contributed by atoms with Gasteiger partial charge in [0.1, 0.15) is 5.75 Å². The summed E-state index contributed by atoms with van der Waals surface area (Å²) in [4.78, 5) is 13.8. The lowest BCUT2D eigenvalue weighted by molar-refractivity contribution is -0.131. The van der Waals surface area contributed by atoms with Crippen LogP contribution in [0.4, 0.5) is 0 Å². The van der Waals surface area contributed by atoms with E-state index in [1.807, 2.05) is 46.1 Å². The molecular weight excluding hydrogens is 264 g/mol. The molecule has 2 unspecified atom stereocenters. The van der Waals surface area contributed by atoms with Crippen LogP contribution < -0.4 is 10.1 Å². The van der Waals surface area contributed by atoms with Gasteiger partial charge in [-0.25, -0.2) is 0 Å². The van der Waals surface area contributed by atoms with Gasteiger partial charge < -0.3 is 15.0 Å². The Morgan fingerprint density at radius 1 is 1.33 bits per heavy atom. The number of benzene rings is 1. The van der Waals surface area contributed by atoms with E-state index in [9.17, 15) is 4.79 Å². The van der Waals surface area contributed by atoms with Crippen molar-refractivity contribution in [3.8, 4) is 5.75 Å². The molecule has 1 heterocycles. The van der Waals surface area contributed by atoms with Crippen LogP contribution in [0.1, 0.15) is 38.2 Å². The molecule has 2 rings (SSSR count). The second kappa shape index (κ2) is 6.94. The maximum Gasteiger partial charge on any atom is 0.239 e. The van der Waals surface area contributed by atoms with Crippen LogP contribution in [0.3, 0.4) is 0 Å². The lowest BCUT2D eigenvalue weighted by atomic mass is 9.85. The molecule has 1 N–H and O–H groups in total. The molecule has 21 heavy (non-hydrogen) atoms. The van der Waals surface area contributed by atoms with Gasteiger partial charge in [0.05, 0.1) is 12.1 Å². The summed E-state index contributed by atoms with van der Waals surface area (Å²) < 4.78 is 5.93. The highest BCUT2D eigenvalue weighted by Crippen LogP contribution is 2.34. The van der Waals surface area contributed by atoms with E-state index >= 15 is 0 Å². The van der Waals surface area contributed by atoms with Crippen LogP contribution >= 0.6 is 0 Å². The molecule has 1 saturated heterocycles. The number of hydrogen-bond acceptors (Lipinski definition) is 3. The Hall–Kier alpha value is -1.55. The third-order valence-corrected chi connectivity index (χ3v) is 3.86. The number of likely N-dealkylation sites (N-methyl/N-ethyl adjacent to an activating group) is 1. The van der Waals surface area contributed by atoms with Crippen molar-refractivity contribution in [2.45, 2.75) is 44.8 Å². The third-order valence-electron chi connectivity index (χ3n) is 3.86. The van der Waals surface area contributed by atoms with Crippen molar-refractivity contribution in [1.29, 1.82) is 0 Å². The highest BCUT2D eigenvalue weighted by atomic mass is 16.5. The van der Waals surface area contributed by atoms with Crippen LogP contribution in [-0.2, 0) is 4.79 Å². The van der Waals surface area contributed by atoms with Gasteiger partial charge in [-0.2, -0.15) is 0 Å². The molecule has 0 aromatic heterocycles. The fourth-order valence-electron chi connectivity index (χ4n) is 2.88. The van der Waals surface area contributed by atoms with Crippen molar-refractivity contribution < 1.29 is 9.53 Å². The van der Waals surface area contributed by atoms with Crippen molar-refractivity contribution >= 4 is 5.91 Å². The van der Waals surface area contributed by atoms with Crippen LogP contribution in [0.5, 0.6) is 5.75 Å². The molecule has 0 saturated carbocycles. The van der Waals surface area contributed by atoms with E-state index in [0.29, 0.717) is 5.92 Å². The van der Waals surface area contributed by atoms with Crippen molar-refractivity contribution in [2.75, 3.05) is 20.6 Å². The maximum absolute atomic E-state index is 12.2. The monoisotopic (exact) mass is 290 g/mol. The van der Waals surface area contributed by atoms with E-state index in [0.717, 1.165) is 25.1 Å². The van der Waals surface area contributed by atoms with Crippen molar-refractivity contribution in [2.24, 2.45) is 0 Å². The first-order chi connectivity index (χ1) is 9.99. The first kappa shape index (κ1) is 15.8. The van der Waals surface area contributed by atoms with Gasteiger partial charge in [-0.1, -0.05) is 18.2 Å². The minimum absolute atomic E-state index is 0.0918. The van der Waals surface area contributed by atoms with E-state index < -0.39 is 0 Å². The second-order valence-corrected chi connectivity index (χ2v) is 6.17. The number of amides is 1. The maximum atomic E-state index is 12.2. The fourth-order valence-corrected chi connectivity index (χ4v) is 2.88. The highest BCUT2D eigenvalue weighted by Gasteiger charge is 2.30. The van der Waals surface area contributed by atoms with Crippen LogP contribution in [-0.4, -0.2) is 43.6 Å². The minimum Gasteiger partial charge on any atom is -0.491 e. The summed E-state index contributed by atoms with van der Waals surface area (Å²) >= 11 is 0. The molecule has 1 aromatic rings. The lowest BCUT2D eigenvalue weighted by Gasteiger charge is -2.32. The average Bonchev–Trinajstić information content (AvgIpc) is 2.46. The topological polar surface area (TPSA) is 41.6 Å². The van der Waals surface area contributed by atoms with Gasteiger partial charge in [-0.05, 0) is 50.8 Å². The second-order valence-electron chi connectivity index (χ2n) is 6.17. The number of rotatable bonds is 4. The summed E-state index contributed by atoms with van der Waals surface area (Å²) in [5.74, 6) is 1.48. The molecule has 1 amide bonds. The summed E-state index contributed by atoms with van der Waals surface area (Å²) in [5.41, 5.74) is 1.23. The normalized spacial score (nSPS) is 22.1. The molecule has 1 fully saturated rings. The van der Waals surface area contributed by atoms with Crippen LogP contribution in [0.2, 0.25) is 0 Å². The Bertz CT molecular complexity index is 485. The lowest BCUT2D eigenvalue weighted by Crippen LogP contribution is -2.47. The fraction of sp³-hybridized carbons (Fsp3) is 0.588. The molecular formula is C17H26N2O2. The molecule has 0 radical (unpaired) electrons. The molecule has 1 aromatic carbocycles. The number of ether oxygens (including phenoxy) is 1. The van der Waals surface area contributed by atoms with Gasteiger partial charge in [0.25, 0.3) is 0 Å². The molecule has 116 valence electrons. The highest BCUT2D eigenvalue weighted by molar-refractivity contribution is 5.81. The summed E-state index contributed by atoms with van der Waals surface area (Å²) in [6.45, 7) is 4.94. The summed E-state index contributed by atoms with van der Waals surface area (Å²) in [5, 5.41) is 3.33. The summed E-state index contributed by atoms with van der Waals surface area (Å²) in [7, 11) is 3.62. The Balaban J connectivity index is 2.16. The number of carbonyl (C=O) groups excluding carboxylic acids is 1. The van der Waals surface area contributed by atoms with E-state index in [1.165, 1.54) is 5.56 Å². The van der Waals surface area contributed by atoms with Gasteiger partial charge in [0.15, 0.2) is 0 Å². The zero-order chi connectivity index (χ0) is 15.4. The van der Waals surface area contributed by atoms with Crippen molar-refractivity contribution in [3.63, 3.8) is 0 Å². The number of nitrogens with zero attached hydrogens (tertiary/aromatic N) is 1. The summed E-state index contributed by atoms with van der Waals surface area (Å²) in [6, 6.07) is 8.12. The Kier molecular flexibility index (Phi) is 5.23. The number of piperidine rings is 1. The molecule has 4 heteroatoms. The summed E-state index contributed by atoms with van der Waals surface area (Å²) in [6.07, 6.45) is 2.03. The number of nitrogens with one attached hydrogen (secondary N) is 1. The van der Waals surface area contributed by atoms with Crippen LogP contribution in [0.15, 0.2) is 24.3 Å². The number of hydrogen-bond donors (Lipinski definition) is 1. The SMILES string of the molecule is CC(C)Oc1ccccc1C1CCNC(C(=O)N(C)C)C1. The molecule has 0 aliphatic carbocycles. The largest absolute Gasteiger partial charge is 0.491 e.